The Morgan fingerprint density at radius 1 is 1.25 bits per heavy atom. The number of aromatic hydroxyl groups is 1. The number of aliphatic hydroxyl groups is 1. The van der Waals surface area contributed by atoms with Gasteiger partial charge in [0, 0.05) is 6.04 Å². The van der Waals surface area contributed by atoms with Crippen LogP contribution in [0.1, 0.15) is 12.8 Å². The van der Waals surface area contributed by atoms with Crippen LogP contribution in [-0.2, 0) is 10.0 Å². The zero-order valence-electron chi connectivity index (χ0n) is 8.50. The van der Waals surface area contributed by atoms with Crippen molar-refractivity contribution in [3.05, 3.63) is 24.3 Å². The lowest BCUT2D eigenvalue weighted by atomic mass is 9.91. The topological polar surface area (TPSA) is 86.6 Å². The fraction of sp³-hybridized carbons (Fsp3) is 0.400. The van der Waals surface area contributed by atoms with Gasteiger partial charge >= 0.3 is 0 Å². The Bertz CT molecular complexity index is 479. The lowest BCUT2D eigenvalue weighted by Crippen LogP contribution is -2.46. The maximum atomic E-state index is 11.8. The summed E-state index contributed by atoms with van der Waals surface area (Å²) in [5.74, 6) is -0.269. The monoisotopic (exact) mass is 243 g/mol. The molecule has 0 aromatic heterocycles. The number of benzene rings is 1. The largest absolute Gasteiger partial charge is 0.507 e. The Hall–Kier alpha value is -1.11. The molecule has 0 bridgehead atoms. The average Bonchev–Trinajstić information content (AvgIpc) is 2.15. The second kappa shape index (κ2) is 4.04. The molecule has 0 radical (unpaired) electrons. The Kier molecular flexibility index (Phi) is 2.88. The maximum absolute atomic E-state index is 11.8. The number of para-hydroxylation sites is 1. The van der Waals surface area contributed by atoms with Crippen molar-refractivity contribution in [1.82, 2.24) is 4.72 Å². The molecule has 1 saturated carbocycles. The van der Waals surface area contributed by atoms with Crippen molar-refractivity contribution >= 4 is 10.0 Å². The Labute approximate surface area is 93.8 Å². The average molecular weight is 243 g/mol. The van der Waals surface area contributed by atoms with Gasteiger partial charge in [-0.2, -0.15) is 0 Å². The van der Waals surface area contributed by atoms with Gasteiger partial charge in [-0.1, -0.05) is 12.1 Å². The van der Waals surface area contributed by atoms with Gasteiger partial charge in [0.05, 0.1) is 6.10 Å². The molecule has 0 heterocycles. The summed E-state index contributed by atoms with van der Waals surface area (Å²) in [5.41, 5.74) is 0. The Balaban J connectivity index is 2.16. The molecular formula is C10H13NO4S. The van der Waals surface area contributed by atoms with Crippen LogP contribution in [0.15, 0.2) is 29.2 Å². The van der Waals surface area contributed by atoms with Gasteiger partial charge in [0.25, 0.3) is 0 Å². The van der Waals surface area contributed by atoms with E-state index in [1.54, 1.807) is 12.1 Å². The molecule has 1 fully saturated rings. The minimum Gasteiger partial charge on any atom is -0.507 e. The summed E-state index contributed by atoms with van der Waals surface area (Å²) in [4.78, 5) is -0.128. The molecule has 1 aliphatic carbocycles. The first-order valence-electron chi connectivity index (χ1n) is 4.97. The van der Waals surface area contributed by atoms with E-state index < -0.39 is 16.1 Å². The van der Waals surface area contributed by atoms with E-state index in [1.165, 1.54) is 12.1 Å². The van der Waals surface area contributed by atoms with E-state index in [1.807, 2.05) is 0 Å². The van der Waals surface area contributed by atoms with Crippen LogP contribution in [0.5, 0.6) is 5.75 Å². The highest BCUT2D eigenvalue weighted by Crippen LogP contribution is 2.25. The summed E-state index contributed by atoms with van der Waals surface area (Å²) in [6, 6.07) is 5.53. The molecule has 3 N–H and O–H groups in total. The van der Waals surface area contributed by atoms with Crippen molar-refractivity contribution in [2.75, 3.05) is 0 Å². The minimum atomic E-state index is -3.69. The summed E-state index contributed by atoms with van der Waals surface area (Å²) >= 11 is 0. The summed E-state index contributed by atoms with van der Waals surface area (Å²) in [5, 5.41) is 18.5. The van der Waals surface area contributed by atoms with E-state index in [0.29, 0.717) is 12.8 Å². The third-order valence-corrected chi connectivity index (χ3v) is 4.16. The number of hydrogen-bond donors (Lipinski definition) is 3. The zero-order valence-corrected chi connectivity index (χ0v) is 9.31. The van der Waals surface area contributed by atoms with Crippen molar-refractivity contribution in [3.63, 3.8) is 0 Å². The molecular weight excluding hydrogens is 230 g/mol. The van der Waals surface area contributed by atoms with Gasteiger partial charge in [-0.05, 0) is 25.0 Å². The van der Waals surface area contributed by atoms with Gasteiger partial charge in [-0.3, -0.25) is 0 Å². The molecule has 88 valence electrons. The number of aliphatic hydroxyl groups excluding tert-OH is 1. The standard InChI is InChI=1S/C10H13NO4S/c12-8-5-7(6-8)11-16(14,15)10-4-2-1-3-9(10)13/h1-4,7-8,11-13H,5-6H2. The molecule has 0 unspecified atom stereocenters. The third kappa shape index (κ3) is 2.18. The van der Waals surface area contributed by atoms with Gasteiger partial charge in [0.1, 0.15) is 10.6 Å². The van der Waals surface area contributed by atoms with Gasteiger partial charge in [0.15, 0.2) is 0 Å². The predicted molar refractivity (Wildman–Crippen MR) is 57.5 cm³/mol. The molecule has 0 aliphatic heterocycles. The smallest absolute Gasteiger partial charge is 0.244 e. The van der Waals surface area contributed by atoms with Crippen LogP contribution in [0.4, 0.5) is 0 Å². The lowest BCUT2D eigenvalue weighted by molar-refractivity contribution is 0.0712. The van der Waals surface area contributed by atoms with Gasteiger partial charge in [-0.25, -0.2) is 13.1 Å². The van der Waals surface area contributed by atoms with E-state index in [4.69, 9.17) is 5.11 Å². The number of nitrogens with one attached hydrogen (secondary N) is 1. The molecule has 0 saturated heterocycles. The molecule has 0 atom stereocenters. The number of phenolic OH excluding ortho intramolecular Hbond substituents is 1. The molecule has 6 heteroatoms. The third-order valence-electron chi connectivity index (χ3n) is 2.59. The molecule has 5 nitrogen and oxygen atoms in total. The quantitative estimate of drug-likeness (QED) is 0.707. The highest BCUT2D eigenvalue weighted by molar-refractivity contribution is 7.89. The fourth-order valence-electron chi connectivity index (χ4n) is 1.65. The molecule has 0 amide bonds. The normalized spacial score (nSPS) is 25.1. The molecule has 0 spiro atoms. The van der Waals surface area contributed by atoms with Crippen molar-refractivity contribution in [2.24, 2.45) is 0 Å². The van der Waals surface area contributed by atoms with Crippen LogP contribution >= 0.6 is 0 Å². The van der Waals surface area contributed by atoms with Gasteiger partial charge < -0.3 is 10.2 Å². The first-order chi connectivity index (χ1) is 7.49. The summed E-state index contributed by atoms with van der Waals surface area (Å²) in [6.45, 7) is 0. The van der Waals surface area contributed by atoms with Crippen LogP contribution in [0.3, 0.4) is 0 Å². The number of hydrogen-bond acceptors (Lipinski definition) is 4. The molecule has 1 aliphatic rings. The first-order valence-corrected chi connectivity index (χ1v) is 6.46. The van der Waals surface area contributed by atoms with Crippen LogP contribution in [0.2, 0.25) is 0 Å². The Morgan fingerprint density at radius 3 is 2.44 bits per heavy atom. The summed E-state index contributed by atoms with van der Waals surface area (Å²) in [6.07, 6.45) is 0.427. The predicted octanol–water partition coefficient (Wildman–Crippen LogP) is 0.194. The van der Waals surface area contributed by atoms with E-state index in [-0.39, 0.29) is 16.7 Å². The number of rotatable bonds is 3. The van der Waals surface area contributed by atoms with Gasteiger partial charge in [0.2, 0.25) is 10.0 Å². The summed E-state index contributed by atoms with van der Waals surface area (Å²) in [7, 11) is -3.69. The van der Waals surface area contributed by atoms with E-state index >= 15 is 0 Å². The van der Waals surface area contributed by atoms with Crippen LogP contribution < -0.4 is 4.72 Å². The second-order valence-corrected chi connectivity index (χ2v) is 5.59. The number of sulfonamides is 1. The van der Waals surface area contributed by atoms with Crippen molar-refractivity contribution < 1.29 is 18.6 Å². The summed E-state index contributed by atoms with van der Waals surface area (Å²) < 4.78 is 26.1. The molecule has 16 heavy (non-hydrogen) atoms. The first kappa shape index (κ1) is 11.4. The van der Waals surface area contributed by atoms with Crippen molar-refractivity contribution in [2.45, 2.75) is 29.9 Å². The highest BCUT2D eigenvalue weighted by Gasteiger charge is 2.32. The molecule has 2 rings (SSSR count). The van der Waals surface area contributed by atoms with Gasteiger partial charge in [-0.15, -0.1) is 0 Å². The number of phenols is 1. The lowest BCUT2D eigenvalue weighted by Gasteiger charge is -2.31. The van der Waals surface area contributed by atoms with E-state index in [9.17, 15) is 13.5 Å². The maximum Gasteiger partial charge on any atom is 0.244 e. The van der Waals surface area contributed by atoms with Crippen LogP contribution in [0.25, 0.3) is 0 Å². The van der Waals surface area contributed by atoms with E-state index in [0.717, 1.165) is 0 Å². The zero-order chi connectivity index (χ0) is 11.8. The minimum absolute atomic E-state index is 0.128. The molecule has 1 aromatic rings. The highest BCUT2D eigenvalue weighted by atomic mass is 32.2. The van der Waals surface area contributed by atoms with Crippen LogP contribution in [0, 0.1) is 0 Å². The van der Waals surface area contributed by atoms with Crippen molar-refractivity contribution in [1.29, 1.82) is 0 Å². The van der Waals surface area contributed by atoms with Crippen LogP contribution in [-0.4, -0.2) is 30.8 Å². The van der Waals surface area contributed by atoms with E-state index in [2.05, 4.69) is 4.72 Å². The SMILES string of the molecule is O=S(=O)(NC1CC(O)C1)c1ccccc1O. The second-order valence-electron chi connectivity index (χ2n) is 3.91. The molecule has 1 aromatic carbocycles. The fourth-order valence-corrected chi connectivity index (χ4v) is 3.01. The van der Waals surface area contributed by atoms with Crippen molar-refractivity contribution in [3.8, 4) is 5.75 Å². The Morgan fingerprint density at radius 2 is 1.88 bits per heavy atom.